The normalized spacial score (nSPS) is 11.1. The zero-order valence-corrected chi connectivity index (χ0v) is 15.0. The fraction of sp³-hybridized carbons (Fsp3) is 0.227. The highest BCUT2D eigenvalue weighted by Crippen LogP contribution is 2.35. The molecule has 4 nitrogen and oxygen atoms in total. The van der Waals surface area contributed by atoms with Gasteiger partial charge in [0.05, 0.1) is 11.7 Å². The van der Waals surface area contributed by atoms with E-state index in [0.29, 0.717) is 0 Å². The van der Waals surface area contributed by atoms with Gasteiger partial charge >= 0.3 is 0 Å². The summed E-state index contributed by atoms with van der Waals surface area (Å²) < 4.78 is 2.41. The second kappa shape index (κ2) is 7.48. The molecule has 0 N–H and O–H groups in total. The number of rotatable bonds is 6. The molecule has 0 bridgehead atoms. The summed E-state index contributed by atoms with van der Waals surface area (Å²) in [6.07, 6.45) is 12.6. The minimum absolute atomic E-state index is 0.843. The first-order valence-electron chi connectivity index (χ1n) is 9.13. The Morgan fingerprint density at radius 1 is 0.923 bits per heavy atom. The second-order valence-corrected chi connectivity index (χ2v) is 6.52. The highest BCUT2D eigenvalue weighted by molar-refractivity contribution is 5.97. The maximum absolute atomic E-state index is 4.39. The standard InChI is InChI=1S/C22H22N4/c1-2-3-9-20-22(18-12-24-16-25-13-18)19-10-11-23-14-21(19)26(20)15-17-7-5-4-6-8-17/h4-8,10-14,16H,2-3,9,15H2,1H3. The third-order valence-corrected chi connectivity index (χ3v) is 4.77. The highest BCUT2D eigenvalue weighted by Gasteiger charge is 2.18. The number of benzene rings is 1. The first-order valence-corrected chi connectivity index (χ1v) is 9.13. The fourth-order valence-electron chi connectivity index (χ4n) is 3.55. The van der Waals surface area contributed by atoms with E-state index in [4.69, 9.17) is 0 Å². The lowest BCUT2D eigenvalue weighted by Gasteiger charge is -2.12. The van der Waals surface area contributed by atoms with Crippen molar-refractivity contribution < 1.29 is 0 Å². The monoisotopic (exact) mass is 342 g/mol. The number of nitrogens with zero attached hydrogens (tertiary/aromatic N) is 4. The van der Waals surface area contributed by atoms with E-state index in [9.17, 15) is 0 Å². The van der Waals surface area contributed by atoms with Gasteiger partial charge in [-0.05, 0) is 24.5 Å². The first kappa shape index (κ1) is 16.5. The van der Waals surface area contributed by atoms with Crippen LogP contribution in [0.5, 0.6) is 0 Å². The molecule has 0 aliphatic rings. The number of hydrogen-bond donors (Lipinski definition) is 0. The fourth-order valence-corrected chi connectivity index (χ4v) is 3.55. The minimum Gasteiger partial charge on any atom is -0.338 e. The molecule has 4 aromatic rings. The van der Waals surface area contributed by atoms with E-state index in [1.807, 2.05) is 24.8 Å². The number of pyridine rings is 1. The molecule has 3 aromatic heterocycles. The maximum atomic E-state index is 4.39. The molecule has 0 aliphatic heterocycles. The van der Waals surface area contributed by atoms with Gasteiger partial charge in [0.15, 0.2) is 0 Å². The summed E-state index contributed by atoms with van der Waals surface area (Å²) in [5.41, 5.74) is 6.12. The van der Waals surface area contributed by atoms with Gasteiger partial charge in [0.1, 0.15) is 6.33 Å². The van der Waals surface area contributed by atoms with E-state index in [-0.39, 0.29) is 0 Å². The third-order valence-electron chi connectivity index (χ3n) is 4.77. The molecule has 3 heterocycles. The van der Waals surface area contributed by atoms with Crippen LogP contribution in [0.2, 0.25) is 0 Å². The van der Waals surface area contributed by atoms with E-state index in [1.54, 1.807) is 6.33 Å². The molecule has 4 heteroatoms. The van der Waals surface area contributed by atoms with Gasteiger partial charge in [0, 0.05) is 47.3 Å². The summed E-state index contributed by atoms with van der Waals surface area (Å²) in [6.45, 7) is 3.08. The number of fused-ring (bicyclic) bond motifs is 1. The van der Waals surface area contributed by atoms with E-state index in [2.05, 4.69) is 62.8 Å². The van der Waals surface area contributed by atoms with Gasteiger partial charge in [0.25, 0.3) is 0 Å². The average Bonchev–Trinajstić information content (AvgIpc) is 3.01. The molecule has 0 saturated carbocycles. The van der Waals surface area contributed by atoms with Crippen LogP contribution in [0, 0.1) is 0 Å². The molecule has 4 rings (SSSR count). The average molecular weight is 342 g/mol. The predicted molar refractivity (Wildman–Crippen MR) is 105 cm³/mol. The Labute approximate surface area is 153 Å². The molecular weight excluding hydrogens is 320 g/mol. The summed E-state index contributed by atoms with van der Waals surface area (Å²) in [5.74, 6) is 0. The van der Waals surface area contributed by atoms with Crippen LogP contribution in [0.1, 0.15) is 31.0 Å². The largest absolute Gasteiger partial charge is 0.338 e. The molecule has 0 spiro atoms. The Morgan fingerprint density at radius 3 is 2.50 bits per heavy atom. The molecule has 130 valence electrons. The SMILES string of the molecule is CCCCc1c(-c2cncnc2)c2ccncc2n1Cc1ccccc1. The van der Waals surface area contributed by atoms with Gasteiger partial charge in [-0.1, -0.05) is 43.7 Å². The van der Waals surface area contributed by atoms with E-state index < -0.39 is 0 Å². The Morgan fingerprint density at radius 2 is 1.73 bits per heavy atom. The van der Waals surface area contributed by atoms with Gasteiger partial charge in [-0.15, -0.1) is 0 Å². The van der Waals surface area contributed by atoms with Crippen LogP contribution in [0.4, 0.5) is 0 Å². The molecule has 0 radical (unpaired) electrons. The maximum Gasteiger partial charge on any atom is 0.115 e. The van der Waals surface area contributed by atoms with Crippen molar-refractivity contribution in [1.29, 1.82) is 0 Å². The summed E-state index contributed by atoms with van der Waals surface area (Å²) in [6, 6.07) is 12.7. The lowest BCUT2D eigenvalue weighted by Crippen LogP contribution is -2.05. The van der Waals surface area contributed by atoms with Crippen LogP contribution in [0.3, 0.4) is 0 Å². The molecule has 0 unspecified atom stereocenters. The highest BCUT2D eigenvalue weighted by atomic mass is 15.0. The minimum atomic E-state index is 0.843. The molecule has 0 fully saturated rings. The Bertz CT molecular complexity index is 991. The molecule has 0 atom stereocenters. The molecule has 26 heavy (non-hydrogen) atoms. The van der Waals surface area contributed by atoms with Gasteiger partial charge in [0.2, 0.25) is 0 Å². The number of hydrogen-bond acceptors (Lipinski definition) is 3. The molecule has 0 amide bonds. The van der Waals surface area contributed by atoms with Crippen LogP contribution in [0.25, 0.3) is 22.0 Å². The zero-order chi connectivity index (χ0) is 17.8. The quantitative estimate of drug-likeness (QED) is 0.501. The van der Waals surface area contributed by atoms with E-state index in [1.165, 1.54) is 27.7 Å². The Kier molecular flexibility index (Phi) is 4.73. The second-order valence-electron chi connectivity index (χ2n) is 6.52. The van der Waals surface area contributed by atoms with Crippen molar-refractivity contribution in [2.24, 2.45) is 0 Å². The third kappa shape index (κ3) is 3.10. The summed E-state index contributed by atoms with van der Waals surface area (Å²) >= 11 is 0. The summed E-state index contributed by atoms with van der Waals surface area (Å²) in [4.78, 5) is 12.9. The van der Waals surface area contributed by atoms with Crippen LogP contribution in [-0.2, 0) is 13.0 Å². The van der Waals surface area contributed by atoms with Gasteiger partial charge in [-0.25, -0.2) is 9.97 Å². The van der Waals surface area contributed by atoms with Crippen molar-refractivity contribution in [1.82, 2.24) is 19.5 Å². The van der Waals surface area contributed by atoms with Crippen LogP contribution < -0.4 is 0 Å². The van der Waals surface area contributed by atoms with Crippen molar-refractivity contribution >= 4 is 10.9 Å². The van der Waals surface area contributed by atoms with Crippen LogP contribution in [-0.4, -0.2) is 19.5 Å². The van der Waals surface area contributed by atoms with Crippen molar-refractivity contribution in [3.05, 3.63) is 78.8 Å². The predicted octanol–water partition coefficient (Wildman–Crippen LogP) is 4.88. The van der Waals surface area contributed by atoms with Crippen LogP contribution >= 0.6 is 0 Å². The number of unbranched alkanes of at least 4 members (excludes halogenated alkanes) is 1. The van der Waals surface area contributed by atoms with Crippen molar-refractivity contribution in [2.45, 2.75) is 32.7 Å². The molecule has 1 aromatic carbocycles. The molecule has 0 saturated heterocycles. The van der Waals surface area contributed by atoms with Crippen LogP contribution in [0.15, 0.2) is 67.5 Å². The van der Waals surface area contributed by atoms with Gasteiger partial charge in [-0.3, -0.25) is 4.98 Å². The molecular formula is C22H22N4. The van der Waals surface area contributed by atoms with E-state index in [0.717, 1.165) is 31.4 Å². The Hall–Kier alpha value is -3.01. The summed E-state index contributed by atoms with van der Waals surface area (Å²) in [7, 11) is 0. The lowest BCUT2D eigenvalue weighted by molar-refractivity contribution is 0.712. The number of aromatic nitrogens is 4. The van der Waals surface area contributed by atoms with Crippen molar-refractivity contribution in [3.63, 3.8) is 0 Å². The lowest BCUT2D eigenvalue weighted by atomic mass is 10.0. The summed E-state index contributed by atoms with van der Waals surface area (Å²) in [5, 5.41) is 1.22. The smallest absolute Gasteiger partial charge is 0.115 e. The first-order chi connectivity index (χ1) is 12.9. The Balaban J connectivity index is 1.94. The van der Waals surface area contributed by atoms with Crippen molar-refractivity contribution in [2.75, 3.05) is 0 Å². The zero-order valence-electron chi connectivity index (χ0n) is 15.0. The van der Waals surface area contributed by atoms with Gasteiger partial charge in [-0.2, -0.15) is 0 Å². The van der Waals surface area contributed by atoms with Crippen molar-refractivity contribution in [3.8, 4) is 11.1 Å². The molecule has 0 aliphatic carbocycles. The van der Waals surface area contributed by atoms with Gasteiger partial charge < -0.3 is 4.57 Å². The topological polar surface area (TPSA) is 43.6 Å². The van der Waals surface area contributed by atoms with E-state index >= 15 is 0 Å².